The lowest BCUT2D eigenvalue weighted by Gasteiger charge is -2.08. The van der Waals surface area contributed by atoms with E-state index in [0.29, 0.717) is 6.07 Å². The van der Waals surface area contributed by atoms with E-state index in [0.717, 1.165) is 30.3 Å². The number of nitro groups is 1. The number of nitrogens with zero attached hydrogens (tertiary/aromatic N) is 1. The predicted molar refractivity (Wildman–Crippen MR) is 77.2 cm³/mol. The van der Waals surface area contributed by atoms with Crippen LogP contribution in [0.15, 0.2) is 36.4 Å². The van der Waals surface area contributed by atoms with Crippen LogP contribution >= 0.6 is 0 Å². The van der Waals surface area contributed by atoms with E-state index in [1.807, 2.05) is 0 Å². The number of hydrogen-bond donors (Lipinski definition) is 3. The molecule has 0 bridgehead atoms. The Morgan fingerprint density at radius 2 is 1.83 bits per heavy atom. The highest BCUT2D eigenvalue weighted by Crippen LogP contribution is 2.25. The van der Waals surface area contributed by atoms with Gasteiger partial charge in [-0.1, -0.05) is 0 Å². The van der Waals surface area contributed by atoms with Crippen LogP contribution in [0.3, 0.4) is 0 Å². The van der Waals surface area contributed by atoms with Crippen LogP contribution in [0, 0.1) is 21.7 Å². The van der Waals surface area contributed by atoms with Gasteiger partial charge in [0.05, 0.1) is 11.0 Å². The fourth-order valence-electron chi connectivity index (χ4n) is 1.85. The maximum absolute atomic E-state index is 13.4. The molecule has 0 aromatic heterocycles. The zero-order chi connectivity index (χ0) is 17.1. The van der Waals surface area contributed by atoms with Gasteiger partial charge in [0.25, 0.3) is 11.6 Å². The molecule has 0 fully saturated rings. The number of hydrogen-bond acceptors (Lipinski definition) is 5. The molecule has 0 saturated heterocycles. The second kappa shape index (κ2) is 6.50. The van der Waals surface area contributed by atoms with E-state index in [1.54, 1.807) is 0 Å². The van der Waals surface area contributed by atoms with E-state index in [2.05, 4.69) is 5.32 Å². The predicted octanol–water partition coefficient (Wildman–Crippen LogP) is 0.805. The van der Waals surface area contributed by atoms with Crippen molar-refractivity contribution in [1.82, 2.24) is 0 Å². The first-order chi connectivity index (χ1) is 10.8. The van der Waals surface area contributed by atoms with E-state index in [1.165, 1.54) is 0 Å². The van der Waals surface area contributed by atoms with E-state index >= 15 is 0 Å². The molecular weight excluding hydrogens is 313 g/mol. The topological polar surface area (TPSA) is 113 Å². The summed E-state index contributed by atoms with van der Waals surface area (Å²) in [6.45, 7) is 0. The molecule has 2 aromatic rings. The van der Waals surface area contributed by atoms with Gasteiger partial charge in [-0.3, -0.25) is 14.9 Å². The second-order valence-electron chi connectivity index (χ2n) is 4.52. The molecule has 0 radical (unpaired) electrons. The third-order valence-electron chi connectivity index (χ3n) is 2.89. The molecule has 7 nitrogen and oxygen atoms in total. The minimum absolute atomic E-state index is 0.260. The van der Waals surface area contributed by atoms with Crippen LogP contribution < -0.4 is 10.8 Å². The third-order valence-corrected chi connectivity index (χ3v) is 2.89. The number of carbonyl (C=O) groups excluding carboxylic acids is 1. The summed E-state index contributed by atoms with van der Waals surface area (Å²) in [5.41, 5.74) is -1.50. The molecule has 0 saturated carbocycles. The number of carbonyl (C=O) groups is 1. The van der Waals surface area contributed by atoms with Crippen molar-refractivity contribution in [2.75, 3.05) is 5.32 Å². The number of halogens is 2. The molecule has 1 amide bonds. The van der Waals surface area contributed by atoms with Crippen molar-refractivity contribution in [3.63, 3.8) is 0 Å². The highest BCUT2D eigenvalue weighted by atomic mass is 19.1. The van der Waals surface area contributed by atoms with Gasteiger partial charge in [-0.25, -0.2) is 8.78 Å². The maximum Gasteiger partial charge on any atom is 0.488 e. The Kier molecular flexibility index (Phi) is 4.67. The molecule has 0 atom stereocenters. The standard InChI is InChI=1S/C13H9BF2N2O5/c15-9-1-2-11(12(6-9)18(22)23)17-13(19)7-3-8(14(20)21)5-10(16)4-7/h1-6,20-21H,(H,17,19). The van der Waals surface area contributed by atoms with Gasteiger partial charge in [0.15, 0.2) is 0 Å². The van der Waals surface area contributed by atoms with Crippen LogP contribution in [0.1, 0.15) is 10.4 Å². The number of anilines is 1. The number of nitrogens with one attached hydrogen (secondary N) is 1. The summed E-state index contributed by atoms with van der Waals surface area (Å²) in [7, 11) is -1.99. The Morgan fingerprint density at radius 3 is 2.43 bits per heavy atom. The average molecular weight is 322 g/mol. The van der Waals surface area contributed by atoms with Crippen molar-refractivity contribution in [3.8, 4) is 0 Å². The third kappa shape index (κ3) is 3.87. The lowest BCUT2D eigenvalue weighted by molar-refractivity contribution is -0.384. The largest absolute Gasteiger partial charge is 0.488 e. The van der Waals surface area contributed by atoms with Gasteiger partial charge in [-0.2, -0.15) is 0 Å². The molecule has 23 heavy (non-hydrogen) atoms. The van der Waals surface area contributed by atoms with Crippen molar-refractivity contribution < 1.29 is 28.5 Å². The van der Waals surface area contributed by atoms with Crippen LogP contribution in [0.25, 0.3) is 0 Å². The molecule has 2 aromatic carbocycles. The van der Waals surface area contributed by atoms with Crippen LogP contribution in [-0.2, 0) is 0 Å². The summed E-state index contributed by atoms with van der Waals surface area (Å²) in [5.74, 6) is -2.68. The Morgan fingerprint density at radius 1 is 1.13 bits per heavy atom. The van der Waals surface area contributed by atoms with Crippen molar-refractivity contribution in [2.24, 2.45) is 0 Å². The first-order valence-electron chi connectivity index (χ1n) is 6.20. The van der Waals surface area contributed by atoms with Crippen LogP contribution in [0.5, 0.6) is 0 Å². The van der Waals surface area contributed by atoms with Gasteiger partial charge in [0.1, 0.15) is 17.3 Å². The van der Waals surface area contributed by atoms with Crippen LogP contribution in [0.4, 0.5) is 20.2 Å². The summed E-state index contributed by atoms with van der Waals surface area (Å²) in [6, 6.07) is 5.18. The Balaban J connectivity index is 2.35. The summed E-state index contributed by atoms with van der Waals surface area (Å²) in [5, 5.41) is 31.0. The molecule has 0 heterocycles. The molecule has 0 spiro atoms. The second-order valence-corrected chi connectivity index (χ2v) is 4.52. The van der Waals surface area contributed by atoms with E-state index in [9.17, 15) is 23.7 Å². The van der Waals surface area contributed by atoms with Gasteiger partial charge in [-0.15, -0.1) is 0 Å². The number of amides is 1. The summed E-state index contributed by atoms with van der Waals surface area (Å²) < 4.78 is 26.4. The fourth-order valence-corrected chi connectivity index (χ4v) is 1.85. The molecule has 3 N–H and O–H groups in total. The molecule has 0 aliphatic carbocycles. The highest BCUT2D eigenvalue weighted by Gasteiger charge is 2.20. The molecule has 10 heteroatoms. The number of rotatable bonds is 4. The van der Waals surface area contributed by atoms with Gasteiger partial charge in [0.2, 0.25) is 0 Å². The summed E-state index contributed by atoms with van der Waals surface area (Å²) in [4.78, 5) is 22.0. The van der Waals surface area contributed by atoms with Crippen molar-refractivity contribution in [1.29, 1.82) is 0 Å². The molecular formula is C13H9BF2N2O5. The summed E-state index contributed by atoms with van der Waals surface area (Å²) in [6.07, 6.45) is 0. The van der Waals surface area contributed by atoms with Gasteiger partial charge >= 0.3 is 7.12 Å². The number of benzene rings is 2. The molecule has 0 unspecified atom stereocenters. The minimum atomic E-state index is -1.99. The lowest BCUT2D eigenvalue weighted by Crippen LogP contribution is -2.31. The zero-order valence-corrected chi connectivity index (χ0v) is 11.4. The molecule has 0 aliphatic heterocycles. The normalized spacial score (nSPS) is 10.3. The van der Waals surface area contributed by atoms with E-state index in [4.69, 9.17) is 10.0 Å². The Bertz CT molecular complexity index is 785. The van der Waals surface area contributed by atoms with Crippen LogP contribution in [-0.4, -0.2) is 28.0 Å². The smallest absolute Gasteiger partial charge is 0.423 e. The molecule has 2 rings (SSSR count). The maximum atomic E-state index is 13.4. The van der Waals surface area contributed by atoms with Crippen molar-refractivity contribution >= 4 is 29.9 Å². The van der Waals surface area contributed by atoms with E-state index in [-0.39, 0.29) is 16.7 Å². The molecule has 118 valence electrons. The first-order valence-corrected chi connectivity index (χ1v) is 6.20. The first kappa shape index (κ1) is 16.5. The highest BCUT2D eigenvalue weighted by molar-refractivity contribution is 6.58. The Hall–Kier alpha value is -2.85. The van der Waals surface area contributed by atoms with Crippen molar-refractivity contribution in [3.05, 3.63) is 63.7 Å². The molecule has 0 aliphatic rings. The van der Waals surface area contributed by atoms with Gasteiger partial charge in [0, 0.05) is 5.56 Å². The van der Waals surface area contributed by atoms with Gasteiger partial charge < -0.3 is 15.4 Å². The van der Waals surface area contributed by atoms with Crippen molar-refractivity contribution in [2.45, 2.75) is 0 Å². The average Bonchev–Trinajstić information content (AvgIpc) is 2.48. The quantitative estimate of drug-likeness (QED) is 0.438. The number of nitro benzene ring substituents is 1. The Labute approximate surface area is 128 Å². The SMILES string of the molecule is O=C(Nc1ccc(F)cc1[N+](=O)[O-])c1cc(F)cc(B(O)O)c1. The van der Waals surface area contributed by atoms with E-state index < -0.39 is 35.3 Å². The lowest BCUT2D eigenvalue weighted by atomic mass is 9.79. The summed E-state index contributed by atoms with van der Waals surface area (Å²) >= 11 is 0. The monoisotopic (exact) mass is 322 g/mol. The van der Waals surface area contributed by atoms with Gasteiger partial charge in [-0.05, 0) is 35.8 Å². The minimum Gasteiger partial charge on any atom is -0.423 e. The fraction of sp³-hybridized carbons (Fsp3) is 0. The zero-order valence-electron chi connectivity index (χ0n) is 11.4. The van der Waals surface area contributed by atoms with Crippen LogP contribution in [0.2, 0.25) is 0 Å².